The second-order valence-electron chi connectivity index (χ2n) is 2.80. The summed E-state index contributed by atoms with van der Waals surface area (Å²) in [6.07, 6.45) is 1.56. The van der Waals surface area contributed by atoms with Gasteiger partial charge in [-0.15, -0.1) is 0 Å². The molecular weight excluding hydrogens is 182 g/mol. The first kappa shape index (κ1) is 10.2. The van der Waals surface area contributed by atoms with Crippen LogP contribution in [0.2, 0.25) is 0 Å². The second-order valence-corrected chi connectivity index (χ2v) is 2.80. The molecule has 0 aliphatic rings. The molecule has 1 atom stereocenters. The lowest BCUT2D eigenvalue weighted by Gasteiger charge is -2.04. The first-order chi connectivity index (χ1) is 6.63. The van der Waals surface area contributed by atoms with Crippen LogP contribution in [0.15, 0.2) is 18.3 Å². The summed E-state index contributed by atoms with van der Waals surface area (Å²) in [4.78, 5) is 14.3. The fraction of sp³-hybridized carbons (Fsp3) is 0.222. The molecule has 1 aromatic heterocycles. The number of nitrogens with zero attached hydrogens (tertiary/aromatic N) is 2. The standard InChI is InChI=1S/C9H9N3O2/c10-4-6-1-2-7(12-5-6)3-8(11)9(13)14/h1-2,5,8H,3,11H2,(H,13,14). The lowest BCUT2D eigenvalue weighted by atomic mass is 10.1. The summed E-state index contributed by atoms with van der Waals surface area (Å²) in [5, 5.41) is 17.0. The van der Waals surface area contributed by atoms with E-state index in [1.807, 2.05) is 6.07 Å². The van der Waals surface area contributed by atoms with Crippen LogP contribution in [0.25, 0.3) is 0 Å². The van der Waals surface area contributed by atoms with E-state index in [0.717, 1.165) is 0 Å². The van der Waals surface area contributed by atoms with E-state index >= 15 is 0 Å². The predicted molar refractivity (Wildman–Crippen MR) is 48.3 cm³/mol. The monoisotopic (exact) mass is 191 g/mol. The highest BCUT2D eigenvalue weighted by molar-refractivity contribution is 5.73. The van der Waals surface area contributed by atoms with E-state index in [4.69, 9.17) is 16.1 Å². The van der Waals surface area contributed by atoms with Gasteiger partial charge in [0.25, 0.3) is 0 Å². The van der Waals surface area contributed by atoms with Gasteiger partial charge in [-0.1, -0.05) is 0 Å². The van der Waals surface area contributed by atoms with Crippen molar-refractivity contribution in [3.8, 4) is 6.07 Å². The van der Waals surface area contributed by atoms with Crippen LogP contribution >= 0.6 is 0 Å². The third-order valence-electron chi connectivity index (χ3n) is 1.70. The summed E-state index contributed by atoms with van der Waals surface area (Å²) in [6, 6.07) is 4.15. The van der Waals surface area contributed by atoms with E-state index in [1.165, 1.54) is 6.20 Å². The Bertz CT molecular complexity index is 367. The molecule has 14 heavy (non-hydrogen) atoms. The Hall–Kier alpha value is -1.93. The zero-order valence-corrected chi connectivity index (χ0v) is 7.34. The molecule has 0 saturated carbocycles. The fourth-order valence-electron chi connectivity index (χ4n) is 0.924. The molecule has 0 radical (unpaired) electrons. The minimum atomic E-state index is -1.06. The maximum atomic E-state index is 10.4. The first-order valence-electron chi connectivity index (χ1n) is 3.97. The number of aromatic nitrogens is 1. The molecule has 0 fully saturated rings. The van der Waals surface area contributed by atoms with E-state index in [9.17, 15) is 4.79 Å². The van der Waals surface area contributed by atoms with Crippen molar-refractivity contribution in [2.45, 2.75) is 12.5 Å². The van der Waals surface area contributed by atoms with Crippen molar-refractivity contribution in [3.63, 3.8) is 0 Å². The second kappa shape index (κ2) is 4.35. The molecule has 0 aliphatic heterocycles. The highest BCUT2D eigenvalue weighted by Crippen LogP contribution is 2.01. The molecule has 0 saturated heterocycles. The third-order valence-corrected chi connectivity index (χ3v) is 1.70. The average molecular weight is 191 g/mol. The molecule has 1 aromatic rings. The summed E-state index contributed by atoms with van der Waals surface area (Å²) in [6.45, 7) is 0. The zero-order chi connectivity index (χ0) is 10.6. The smallest absolute Gasteiger partial charge is 0.320 e. The lowest BCUT2D eigenvalue weighted by Crippen LogP contribution is -2.32. The number of carboxylic acids is 1. The Kier molecular flexibility index (Phi) is 3.15. The van der Waals surface area contributed by atoms with E-state index in [1.54, 1.807) is 12.1 Å². The summed E-state index contributed by atoms with van der Waals surface area (Å²) in [5.74, 6) is -1.06. The van der Waals surface area contributed by atoms with E-state index < -0.39 is 12.0 Å². The molecule has 3 N–H and O–H groups in total. The Morgan fingerprint density at radius 3 is 2.86 bits per heavy atom. The number of hydrogen-bond acceptors (Lipinski definition) is 4. The van der Waals surface area contributed by atoms with Crippen LogP contribution in [0.5, 0.6) is 0 Å². The van der Waals surface area contributed by atoms with Crippen LogP contribution in [0, 0.1) is 11.3 Å². The molecule has 5 nitrogen and oxygen atoms in total. The number of carbonyl (C=O) groups is 1. The maximum Gasteiger partial charge on any atom is 0.320 e. The molecule has 72 valence electrons. The summed E-state index contributed by atoms with van der Waals surface area (Å²) in [5.41, 5.74) is 6.33. The molecule has 0 aliphatic carbocycles. The number of nitrogens with two attached hydrogens (primary N) is 1. The van der Waals surface area contributed by atoms with E-state index in [2.05, 4.69) is 4.98 Å². The Balaban J connectivity index is 2.70. The fourth-order valence-corrected chi connectivity index (χ4v) is 0.924. The highest BCUT2D eigenvalue weighted by atomic mass is 16.4. The van der Waals surface area contributed by atoms with Crippen LogP contribution in [0.1, 0.15) is 11.3 Å². The quantitative estimate of drug-likeness (QED) is 0.695. The van der Waals surface area contributed by atoms with Gasteiger partial charge in [-0.25, -0.2) is 0 Å². The summed E-state index contributed by atoms with van der Waals surface area (Å²) >= 11 is 0. The number of pyridine rings is 1. The van der Waals surface area contributed by atoms with Gasteiger partial charge in [-0.2, -0.15) is 5.26 Å². The number of nitriles is 1. The number of aliphatic carboxylic acids is 1. The van der Waals surface area contributed by atoms with Crippen molar-refractivity contribution in [2.75, 3.05) is 0 Å². The van der Waals surface area contributed by atoms with Gasteiger partial charge < -0.3 is 10.8 Å². The van der Waals surface area contributed by atoms with Gasteiger partial charge >= 0.3 is 5.97 Å². The van der Waals surface area contributed by atoms with Gasteiger partial charge in [-0.05, 0) is 12.1 Å². The number of carboxylic acid groups (broad SMARTS) is 1. The maximum absolute atomic E-state index is 10.4. The van der Waals surface area contributed by atoms with Crippen molar-refractivity contribution in [2.24, 2.45) is 5.73 Å². The van der Waals surface area contributed by atoms with Crippen LogP contribution in [-0.4, -0.2) is 22.1 Å². The molecule has 0 spiro atoms. The number of rotatable bonds is 3. The van der Waals surface area contributed by atoms with E-state index in [-0.39, 0.29) is 6.42 Å². The Morgan fingerprint density at radius 2 is 2.43 bits per heavy atom. The minimum Gasteiger partial charge on any atom is -0.480 e. The highest BCUT2D eigenvalue weighted by Gasteiger charge is 2.12. The predicted octanol–water partition coefficient (Wildman–Crippen LogP) is -0.0923. The van der Waals surface area contributed by atoms with Crippen LogP contribution in [-0.2, 0) is 11.2 Å². The number of hydrogen-bond donors (Lipinski definition) is 2. The first-order valence-corrected chi connectivity index (χ1v) is 3.97. The summed E-state index contributed by atoms with van der Waals surface area (Å²) in [7, 11) is 0. The van der Waals surface area contributed by atoms with E-state index in [0.29, 0.717) is 11.3 Å². The van der Waals surface area contributed by atoms with Crippen LogP contribution < -0.4 is 5.73 Å². The Morgan fingerprint density at radius 1 is 1.71 bits per heavy atom. The van der Waals surface area contributed by atoms with Gasteiger partial charge in [0.15, 0.2) is 0 Å². The molecule has 0 bridgehead atoms. The molecule has 1 unspecified atom stereocenters. The van der Waals surface area contributed by atoms with Gasteiger partial charge in [0, 0.05) is 18.3 Å². The van der Waals surface area contributed by atoms with Crippen molar-refractivity contribution in [1.82, 2.24) is 4.98 Å². The minimum absolute atomic E-state index is 0.168. The van der Waals surface area contributed by atoms with Crippen molar-refractivity contribution >= 4 is 5.97 Å². The van der Waals surface area contributed by atoms with Gasteiger partial charge in [0.1, 0.15) is 12.1 Å². The van der Waals surface area contributed by atoms with Crippen molar-refractivity contribution < 1.29 is 9.90 Å². The Labute approximate surface area is 80.8 Å². The summed E-state index contributed by atoms with van der Waals surface area (Å²) < 4.78 is 0. The molecule has 5 heteroatoms. The molecular formula is C9H9N3O2. The lowest BCUT2D eigenvalue weighted by molar-refractivity contribution is -0.138. The molecule has 0 amide bonds. The van der Waals surface area contributed by atoms with Crippen LogP contribution in [0.4, 0.5) is 0 Å². The zero-order valence-electron chi connectivity index (χ0n) is 7.34. The molecule has 1 heterocycles. The largest absolute Gasteiger partial charge is 0.480 e. The SMILES string of the molecule is N#Cc1ccc(CC(N)C(=O)O)nc1. The topological polar surface area (TPSA) is 100 Å². The molecule has 1 rings (SSSR count). The molecule has 0 aromatic carbocycles. The van der Waals surface area contributed by atoms with Gasteiger partial charge in [0.2, 0.25) is 0 Å². The average Bonchev–Trinajstić information content (AvgIpc) is 2.19. The van der Waals surface area contributed by atoms with Gasteiger partial charge in [0.05, 0.1) is 5.56 Å². The van der Waals surface area contributed by atoms with Gasteiger partial charge in [-0.3, -0.25) is 9.78 Å². The third kappa shape index (κ3) is 2.54. The van der Waals surface area contributed by atoms with Crippen molar-refractivity contribution in [1.29, 1.82) is 5.26 Å². The van der Waals surface area contributed by atoms with Crippen LogP contribution in [0.3, 0.4) is 0 Å². The normalized spacial score (nSPS) is 11.7. The van der Waals surface area contributed by atoms with Crippen molar-refractivity contribution in [3.05, 3.63) is 29.6 Å².